The Balaban J connectivity index is 1.74. The fourth-order valence-corrected chi connectivity index (χ4v) is 4.12. The highest BCUT2D eigenvalue weighted by Gasteiger charge is 2.46. The molecule has 2 aromatic rings. The number of fused-ring (bicyclic) bond motifs is 2. The van der Waals surface area contributed by atoms with Crippen molar-refractivity contribution in [1.82, 2.24) is 4.90 Å². The molecule has 2 aromatic carbocycles. The molecule has 1 aliphatic carbocycles. The van der Waals surface area contributed by atoms with Gasteiger partial charge in [-0.3, -0.25) is 4.90 Å². The number of hydrogen-bond donors (Lipinski definition) is 1. The van der Waals surface area contributed by atoms with Crippen molar-refractivity contribution in [3.8, 4) is 0 Å². The highest BCUT2D eigenvalue weighted by molar-refractivity contribution is 5.91. The number of ether oxygens (including phenoxy) is 1. The predicted molar refractivity (Wildman–Crippen MR) is 106 cm³/mol. The smallest absolute Gasteiger partial charge is 0.348 e. The summed E-state index contributed by atoms with van der Waals surface area (Å²) < 4.78 is 5.88. The van der Waals surface area contributed by atoms with Crippen LogP contribution in [0.2, 0.25) is 0 Å². The van der Waals surface area contributed by atoms with Crippen molar-refractivity contribution in [2.75, 3.05) is 19.6 Å². The molecule has 4 rings (SSSR count). The van der Waals surface area contributed by atoms with Crippen LogP contribution in [0.4, 0.5) is 0 Å². The number of likely N-dealkylation sites (tertiary alicyclic amines) is 1. The third-order valence-electron chi connectivity index (χ3n) is 5.62. The molecule has 1 atom stereocenters. The fraction of sp³-hybridized carbons (Fsp3) is 0.348. The van der Waals surface area contributed by atoms with Crippen LogP contribution >= 0.6 is 0 Å². The average molecular weight is 363 g/mol. The Morgan fingerprint density at radius 2 is 1.70 bits per heavy atom. The van der Waals surface area contributed by atoms with Crippen molar-refractivity contribution in [1.29, 1.82) is 0 Å². The van der Waals surface area contributed by atoms with Crippen LogP contribution in [0.5, 0.6) is 0 Å². The van der Waals surface area contributed by atoms with Crippen LogP contribution in [0.1, 0.15) is 42.0 Å². The molecular weight excluding hydrogens is 338 g/mol. The van der Waals surface area contributed by atoms with Crippen molar-refractivity contribution < 1.29 is 14.6 Å². The van der Waals surface area contributed by atoms with Crippen LogP contribution in [-0.2, 0) is 15.1 Å². The number of likely N-dealkylation sites (N-methyl/N-ethyl adjacent to an activating group) is 1. The second-order valence-corrected chi connectivity index (χ2v) is 7.28. The van der Waals surface area contributed by atoms with E-state index in [1.54, 1.807) is 0 Å². The zero-order chi connectivity index (χ0) is 18.9. The summed E-state index contributed by atoms with van der Waals surface area (Å²) in [5.74, 6) is -0.589. The quantitative estimate of drug-likeness (QED) is 0.849. The standard InChI is InChI=1S/C23H25NO3/c1-2-24-15-7-10-19(16-24)27-22(25)23(26)20-11-5-3-8-17(20)13-14-18-9-4-6-12-21(18)23/h3-6,8-9,11-14,19,26H,2,7,10,15-16H2,1H3/t19-/m0/s1. The fourth-order valence-electron chi connectivity index (χ4n) is 4.12. The monoisotopic (exact) mass is 363 g/mol. The van der Waals surface area contributed by atoms with Gasteiger partial charge in [-0.15, -0.1) is 0 Å². The first-order valence-electron chi connectivity index (χ1n) is 9.66. The molecule has 27 heavy (non-hydrogen) atoms. The number of nitrogens with zero attached hydrogens (tertiary/aromatic N) is 1. The molecule has 1 fully saturated rings. The Bertz CT molecular complexity index is 824. The number of aliphatic hydroxyl groups is 1. The van der Waals surface area contributed by atoms with Gasteiger partial charge in [-0.25, -0.2) is 4.79 Å². The third kappa shape index (κ3) is 3.20. The number of hydrogen-bond acceptors (Lipinski definition) is 4. The Labute approximate surface area is 160 Å². The first kappa shape index (κ1) is 18.0. The molecule has 1 aliphatic heterocycles. The van der Waals surface area contributed by atoms with E-state index in [4.69, 9.17) is 4.74 Å². The lowest BCUT2D eigenvalue weighted by Gasteiger charge is -2.35. The normalized spacial score (nSPS) is 21.0. The van der Waals surface area contributed by atoms with Crippen LogP contribution in [0.15, 0.2) is 48.5 Å². The van der Waals surface area contributed by atoms with Crippen LogP contribution in [0.25, 0.3) is 12.2 Å². The van der Waals surface area contributed by atoms with Crippen LogP contribution in [0, 0.1) is 0 Å². The molecule has 0 aromatic heterocycles. The summed E-state index contributed by atoms with van der Waals surface area (Å²) in [6.07, 6.45) is 5.53. The summed E-state index contributed by atoms with van der Waals surface area (Å²) in [4.78, 5) is 15.6. The van der Waals surface area contributed by atoms with Crippen molar-refractivity contribution in [2.24, 2.45) is 0 Å². The van der Waals surface area contributed by atoms with Gasteiger partial charge in [0.25, 0.3) is 0 Å². The van der Waals surface area contributed by atoms with E-state index in [0.717, 1.165) is 43.6 Å². The van der Waals surface area contributed by atoms with Gasteiger partial charge < -0.3 is 9.84 Å². The first-order valence-corrected chi connectivity index (χ1v) is 9.66. The van der Waals surface area contributed by atoms with Crippen LogP contribution < -0.4 is 0 Å². The maximum absolute atomic E-state index is 13.3. The molecular formula is C23H25NO3. The number of benzene rings is 2. The lowest BCUT2D eigenvalue weighted by atomic mass is 9.83. The minimum atomic E-state index is -1.81. The third-order valence-corrected chi connectivity index (χ3v) is 5.62. The molecule has 0 bridgehead atoms. The zero-order valence-electron chi connectivity index (χ0n) is 15.6. The summed E-state index contributed by atoms with van der Waals surface area (Å²) >= 11 is 0. The van der Waals surface area contributed by atoms with E-state index < -0.39 is 11.6 Å². The van der Waals surface area contributed by atoms with Crippen molar-refractivity contribution in [2.45, 2.75) is 31.5 Å². The van der Waals surface area contributed by atoms with E-state index >= 15 is 0 Å². The maximum atomic E-state index is 13.3. The number of esters is 1. The molecule has 4 nitrogen and oxygen atoms in total. The van der Waals surface area contributed by atoms with Crippen molar-refractivity contribution in [3.63, 3.8) is 0 Å². The molecule has 0 unspecified atom stereocenters. The van der Waals surface area contributed by atoms with Gasteiger partial charge in [0.05, 0.1) is 0 Å². The summed E-state index contributed by atoms with van der Waals surface area (Å²) in [6.45, 7) is 4.80. The van der Waals surface area contributed by atoms with Gasteiger partial charge in [0.1, 0.15) is 6.10 Å². The first-order chi connectivity index (χ1) is 13.1. The number of carbonyl (C=O) groups is 1. The van der Waals surface area contributed by atoms with Gasteiger partial charge in [0.2, 0.25) is 5.60 Å². The van der Waals surface area contributed by atoms with E-state index in [1.165, 1.54) is 0 Å². The molecule has 0 saturated carbocycles. The van der Waals surface area contributed by atoms with Gasteiger partial charge in [0.15, 0.2) is 0 Å². The predicted octanol–water partition coefficient (Wildman–Crippen LogP) is 3.43. The Kier molecular flexibility index (Phi) is 4.85. The van der Waals surface area contributed by atoms with Gasteiger partial charge in [0, 0.05) is 17.7 Å². The van der Waals surface area contributed by atoms with E-state index in [9.17, 15) is 9.90 Å². The van der Waals surface area contributed by atoms with Crippen molar-refractivity contribution >= 4 is 18.1 Å². The second kappa shape index (κ2) is 7.29. The van der Waals surface area contributed by atoms with Gasteiger partial charge in [-0.1, -0.05) is 67.6 Å². The van der Waals surface area contributed by atoms with Crippen LogP contribution in [-0.4, -0.2) is 41.7 Å². The highest BCUT2D eigenvalue weighted by Crippen LogP contribution is 2.39. The minimum absolute atomic E-state index is 0.189. The Morgan fingerprint density at radius 1 is 1.11 bits per heavy atom. The summed E-state index contributed by atoms with van der Waals surface area (Å²) in [6, 6.07) is 14.9. The highest BCUT2D eigenvalue weighted by atomic mass is 16.6. The van der Waals surface area contributed by atoms with Gasteiger partial charge in [-0.05, 0) is 37.1 Å². The van der Waals surface area contributed by atoms with Crippen molar-refractivity contribution in [3.05, 3.63) is 70.8 Å². The maximum Gasteiger partial charge on any atom is 0.348 e. The topological polar surface area (TPSA) is 49.8 Å². The SMILES string of the molecule is CCN1CCC[C@H](OC(=O)C2(O)c3ccccc3C=Cc3ccccc32)C1. The second-order valence-electron chi connectivity index (χ2n) is 7.28. The molecule has 1 N–H and O–H groups in total. The molecule has 4 heteroatoms. The number of piperidine rings is 1. The minimum Gasteiger partial charge on any atom is -0.458 e. The molecule has 0 amide bonds. The van der Waals surface area contributed by atoms with E-state index in [0.29, 0.717) is 11.1 Å². The summed E-state index contributed by atoms with van der Waals surface area (Å²) in [5, 5.41) is 11.7. The van der Waals surface area contributed by atoms with Gasteiger partial charge in [-0.2, -0.15) is 0 Å². The molecule has 140 valence electrons. The van der Waals surface area contributed by atoms with Crippen LogP contribution in [0.3, 0.4) is 0 Å². The van der Waals surface area contributed by atoms with E-state index in [2.05, 4.69) is 11.8 Å². The molecule has 0 radical (unpaired) electrons. The summed E-state index contributed by atoms with van der Waals surface area (Å²) in [7, 11) is 0. The molecule has 2 aliphatic rings. The lowest BCUT2D eigenvalue weighted by molar-refractivity contribution is -0.170. The average Bonchev–Trinajstić information content (AvgIpc) is 2.84. The zero-order valence-corrected chi connectivity index (χ0v) is 15.6. The largest absolute Gasteiger partial charge is 0.458 e. The molecule has 1 heterocycles. The van der Waals surface area contributed by atoms with E-state index in [1.807, 2.05) is 60.7 Å². The number of rotatable bonds is 3. The lowest BCUT2D eigenvalue weighted by Crippen LogP contribution is -2.45. The summed E-state index contributed by atoms with van der Waals surface area (Å²) in [5.41, 5.74) is 0.975. The molecule has 0 spiro atoms. The van der Waals surface area contributed by atoms with Gasteiger partial charge >= 0.3 is 5.97 Å². The molecule has 1 saturated heterocycles. The Morgan fingerprint density at radius 3 is 2.30 bits per heavy atom. The van der Waals surface area contributed by atoms with E-state index in [-0.39, 0.29) is 6.10 Å². The number of carbonyl (C=O) groups excluding carboxylic acids is 1. The Hall–Kier alpha value is -2.43.